The lowest BCUT2D eigenvalue weighted by atomic mass is 10.2. The lowest BCUT2D eigenvalue weighted by Gasteiger charge is -2.07. The van der Waals surface area contributed by atoms with Crippen molar-refractivity contribution >= 4 is 34.1 Å². The van der Waals surface area contributed by atoms with Crippen LogP contribution in [0.1, 0.15) is 6.42 Å². The summed E-state index contributed by atoms with van der Waals surface area (Å²) in [5, 5.41) is 19.6. The second-order valence-corrected chi connectivity index (χ2v) is 6.08. The molecule has 4 aromatic rings. The van der Waals surface area contributed by atoms with Gasteiger partial charge in [0.1, 0.15) is 12.2 Å². The van der Waals surface area contributed by atoms with Gasteiger partial charge in [-0.05, 0) is 12.1 Å². The van der Waals surface area contributed by atoms with Gasteiger partial charge in [0.05, 0.1) is 29.2 Å². The monoisotopic (exact) mass is 372 g/mol. The van der Waals surface area contributed by atoms with E-state index < -0.39 is 0 Å². The van der Waals surface area contributed by atoms with Gasteiger partial charge in [0, 0.05) is 31.0 Å². The van der Waals surface area contributed by atoms with Gasteiger partial charge < -0.3 is 10.6 Å². The van der Waals surface area contributed by atoms with E-state index in [1.165, 1.54) is 0 Å². The molecule has 0 fully saturated rings. The number of aryl methyl sites for hydroxylation is 1. The quantitative estimate of drug-likeness (QED) is 0.557. The van der Waals surface area contributed by atoms with E-state index in [0.29, 0.717) is 17.5 Å². The van der Waals surface area contributed by atoms with Crippen molar-refractivity contribution in [1.82, 2.24) is 24.3 Å². The van der Waals surface area contributed by atoms with E-state index >= 15 is 0 Å². The number of hydrogen-bond donors (Lipinski definition) is 2. The largest absolute Gasteiger partial charge is 0.323 e. The maximum Gasteiger partial charge on any atom is 0.238 e. The summed E-state index contributed by atoms with van der Waals surface area (Å²) in [7, 11) is 1.83. The van der Waals surface area contributed by atoms with Crippen molar-refractivity contribution in [3.05, 3.63) is 55.1 Å². The van der Waals surface area contributed by atoms with E-state index in [-0.39, 0.29) is 12.3 Å². The fourth-order valence-electron chi connectivity index (χ4n) is 2.89. The van der Waals surface area contributed by atoms with Gasteiger partial charge in [0.2, 0.25) is 11.9 Å². The molecule has 0 radical (unpaired) electrons. The molecule has 138 valence electrons. The summed E-state index contributed by atoms with van der Waals surface area (Å²) in [5.74, 6) is 0.712. The zero-order valence-corrected chi connectivity index (χ0v) is 15.0. The molecular weight excluding hydrogens is 356 g/mol. The summed E-state index contributed by atoms with van der Waals surface area (Å²) in [5.41, 5.74) is 2.28. The Bertz CT molecular complexity index is 1200. The Morgan fingerprint density at radius 2 is 2.11 bits per heavy atom. The first-order valence-electron chi connectivity index (χ1n) is 8.50. The number of amides is 1. The van der Waals surface area contributed by atoms with E-state index in [0.717, 1.165) is 16.6 Å². The van der Waals surface area contributed by atoms with Crippen LogP contribution in [0.3, 0.4) is 0 Å². The van der Waals surface area contributed by atoms with Crippen molar-refractivity contribution in [3.8, 4) is 11.9 Å². The predicted molar refractivity (Wildman–Crippen MR) is 104 cm³/mol. The van der Waals surface area contributed by atoms with Crippen molar-refractivity contribution in [2.45, 2.75) is 6.42 Å². The topological polar surface area (TPSA) is 113 Å². The first-order chi connectivity index (χ1) is 13.6. The SMILES string of the molecule is Cn1cc(Nc2nccc(-n3cc(NC(=O)CC#N)c4ccccc43)n2)cn1. The summed E-state index contributed by atoms with van der Waals surface area (Å²) in [6, 6.07) is 11.3. The maximum atomic E-state index is 11.9. The average Bonchev–Trinajstić information content (AvgIpc) is 3.26. The highest BCUT2D eigenvalue weighted by Crippen LogP contribution is 2.28. The van der Waals surface area contributed by atoms with E-state index in [1.807, 2.05) is 48.1 Å². The highest BCUT2D eigenvalue weighted by atomic mass is 16.1. The molecule has 0 aliphatic rings. The normalized spacial score (nSPS) is 10.6. The van der Waals surface area contributed by atoms with Crippen LogP contribution in [0.15, 0.2) is 55.1 Å². The maximum absolute atomic E-state index is 11.9. The van der Waals surface area contributed by atoms with Gasteiger partial charge in [-0.3, -0.25) is 14.0 Å². The minimum Gasteiger partial charge on any atom is -0.323 e. The Hall–Kier alpha value is -4.19. The zero-order chi connectivity index (χ0) is 19.5. The standard InChI is InChI=1S/C19H16N8O/c1-26-11-13(10-22-26)23-19-21-9-7-17(25-19)27-12-15(24-18(28)6-8-20)14-4-2-3-5-16(14)27/h2-5,7,9-12H,6H2,1H3,(H,24,28)(H,21,23,25). The number of anilines is 3. The van der Waals surface area contributed by atoms with Gasteiger partial charge in [-0.1, -0.05) is 18.2 Å². The molecule has 0 aliphatic carbocycles. The molecule has 0 atom stereocenters. The summed E-state index contributed by atoms with van der Waals surface area (Å²) < 4.78 is 3.55. The molecule has 4 rings (SSSR count). The molecule has 0 saturated heterocycles. The third kappa shape index (κ3) is 3.39. The number of fused-ring (bicyclic) bond motifs is 1. The molecule has 3 heterocycles. The Labute approximate surface area is 160 Å². The fourth-order valence-corrected chi connectivity index (χ4v) is 2.89. The van der Waals surface area contributed by atoms with Crippen LogP contribution in [0.5, 0.6) is 0 Å². The summed E-state index contributed by atoms with van der Waals surface area (Å²) in [6.45, 7) is 0. The molecule has 0 bridgehead atoms. The van der Waals surface area contributed by atoms with Gasteiger partial charge in [0.25, 0.3) is 0 Å². The van der Waals surface area contributed by atoms with Crippen molar-refractivity contribution in [2.24, 2.45) is 7.05 Å². The van der Waals surface area contributed by atoms with Crippen LogP contribution in [0, 0.1) is 11.3 Å². The smallest absolute Gasteiger partial charge is 0.238 e. The number of nitrogens with zero attached hydrogens (tertiary/aromatic N) is 6. The molecule has 0 aliphatic heterocycles. The number of benzene rings is 1. The number of carbonyl (C=O) groups is 1. The molecule has 1 aromatic carbocycles. The van der Waals surface area contributed by atoms with Gasteiger partial charge in [-0.15, -0.1) is 0 Å². The van der Waals surface area contributed by atoms with Crippen molar-refractivity contribution in [3.63, 3.8) is 0 Å². The minimum atomic E-state index is -0.355. The number of para-hydroxylation sites is 1. The molecule has 1 amide bonds. The van der Waals surface area contributed by atoms with Crippen LogP contribution in [0.25, 0.3) is 16.7 Å². The second kappa shape index (κ2) is 7.20. The number of hydrogen-bond acceptors (Lipinski definition) is 6. The Morgan fingerprint density at radius 1 is 1.25 bits per heavy atom. The van der Waals surface area contributed by atoms with Crippen molar-refractivity contribution < 1.29 is 4.79 Å². The molecule has 28 heavy (non-hydrogen) atoms. The van der Waals surface area contributed by atoms with E-state index in [1.54, 1.807) is 29.3 Å². The summed E-state index contributed by atoms with van der Waals surface area (Å²) in [4.78, 5) is 20.7. The highest BCUT2D eigenvalue weighted by Gasteiger charge is 2.13. The average molecular weight is 372 g/mol. The molecule has 0 saturated carbocycles. The Kier molecular flexibility index (Phi) is 4.43. The number of carbonyl (C=O) groups excluding carboxylic acids is 1. The zero-order valence-electron chi connectivity index (χ0n) is 15.0. The highest BCUT2D eigenvalue weighted by molar-refractivity contribution is 6.02. The second-order valence-electron chi connectivity index (χ2n) is 6.08. The fraction of sp³-hybridized carbons (Fsp3) is 0.105. The predicted octanol–water partition coefficient (Wildman–Crippen LogP) is 2.75. The molecule has 9 nitrogen and oxygen atoms in total. The number of aromatic nitrogens is 5. The molecular formula is C19H16N8O. The third-order valence-corrected chi connectivity index (χ3v) is 4.07. The van der Waals surface area contributed by atoms with Crippen molar-refractivity contribution in [2.75, 3.05) is 10.6 Å². The number of nitriles is 1. The van der Waals surface area contributed by atoms with Crippen LogP contribution >= 0.6 is 0 Å². The van der Waals surface area contributed by atoms with Gasteiger partial charge in [-0.25, -0.2) is 4.98 Å². The van der Waals surface area contributed by atoms with Crippen molar-refractivity contribution in [1.29, 1.82) is 5.26 Å². The molecule has 9 heteroatoms. The first-order valence-corrected chi connectivity index (χ1v) is 8.50. The van der Waals surface area contributed by atoms with Crippen LogP contribution < -0.4 is 10.6 Å². The van der Waals surface area contributed by atoms with Crippen LogP contribution in [0.2, 0.25) is 0 Å². The third-order valence-electron chi connectivity index (χ3n) is 4.07. The summed E-state index contributed by atoms with van der Waals surface area (Å²) in [6.07, 6.45) is 6.75. The molecule has 0 spiro atoms. The van der Waals surface area contributed by atoms with Gasteiger partial charge >= 0.3 is 0 Å². The van der Waals surface area contributed by atoms with Crippen LogP contribution in [-0.4, -0.2) is 30.2 Å². The van der Waals surface area contributed by atoms with E-state index in [4.69, 9.17) is 5.26 Å². The molecule has 2 N–H and O–H groups in total. The number of rotatable bonds is 5. The van der Waals surface area contributed by atoms with E-state index in [2.05, 4.69) is 25.7 Å². The van der Waals surface area contributed by atoms with Crippen LogP contribution in [0.4, 0.5) is 17.3 Å². The first kappa shape index (κ1) is 17.2. The van der Waals surface area contributed by atoms with Gasteiger partial charge in [0.15, 0.2) is 0 Å². The summed E-state index contributed by atoms with van der Waals surface area (Å²) >= 11 is 0. The lowest BCUT2D eigenvalue weighted by molar-refractivity contribution is -0.115. The molecule has 3 aromatic heterocycles. The minimum absolute atomic E-state index is 0.202. The van der Waals surface area contributed by atoms with E-state index in [9.17, 15) is 4.79 Å². The number of nitrogens with one attached hydrogen (secondary N) is 2. The van der Waals surface area contributed by atoms with Gasteiger partial charge in [-0.2, -0.15) is 15.3 Å². The Morgan fingerprint density at radius 3 is 2.89 bits per heavy atom. The lowest BCUT2D eigenvalue weighted by Crippen LogP contribution is -2.09. The van der Waals surface area contributed by atoms with Crippen LogP contribution in [-0.2, 0) is 11.8 Å². The molecule has 0 unspecified atom stereocenters. The Balaban J connectivity index is 1.72.